The Balaban J connectivity index is 1.96. The van der Waals surface area contributed by atoms with Crippen LogP contribution in [0.5, 0.6) is 5.75 Å². The van der Waals surface area contributed by atoms with Crippen LogP contribution >= 0.6 is 0 Å². The van der Waals surface area contributed by atoms with Gasteiger partial charge < -0.3 is 20.4 Å². The maximum absolute atomic E-state index is 13.9. The third kappa shape index (κ3) is 4.19. The number of halogens is 1. The highest BCUT2D eigenvalue weighted by Gasteiger charge is 2.42. The summed E-state index contributed by atoms with van der Waals surface area (Å²) in [6.07, 6.45) is 2.71. The molecule has 0 spiro atoms. The number of fused-ring (bicyclic) bond motifs is 1. The van der Waals surface area contributed by atoms with Crippen molar-refractivity contribution in [2.75, 3.05) is 0 Å². The van der Waals surface area contributed by atoms with E-state index >= 15 is 0 Å². The highest BCUT2D eigenvalue weighted by Crippen LogP contribution is 2.35. The van der Waals surface area contributed by atoms with E-state index in [4.69, 9.17) is 10.5 Å². The van der Waals surface area contributed by atoms with Crippen LogP contribution in [0.15, 0.2) is 35.1 Å². The van der Waals surface area contributed by atoms with Crippen LogP contribution < -0.4 is 21.3 Å². The van der Waals surface area contributed by atoms with E-state index in [1.54, 1.807) is 25.5 Å². The summed E-state index contributed by atoms with van der Waals surface area (Å²) in [7, 11) is 1.69. The first-order valence-electron chi connectivity index (χ1n) is 11.9. The second-order valence-corrected chi connectivity index (χ2v) is 9.38. The number of benzene rings is 1. The van der Waals surface area contributed by atoms with E-state index in [1.165, 1.54) is 28.8 Å². The summed E-state index contributed by atoms with van der Waals surface area (Å²) in [4.78, 5) is 39.7. The zero-order valence-electron chi connectivity index (χ0n) is 20.5. The Morgan fingerprint density at radius 1 is 1.20 bits per heavy atom. The predicted octanol–water partition coefficient (Wildman–Crippen LogP) is 3.35. The summed E-state index contributed by atoms with van der Waals surface area (Å²) in [5.41, 5.74) is 6.08. The summed E-state index contributed by atoms with van der Waals surface area (Å²) in [5.74, 6) is -1.35. The smallest absolute Gasteiger partial charge is 0.272 e. The van der Waals surface area contributed by atoms with E-state index in [0.717, 1.165) is 12.8 Å². The number of nitrogens with one attached hydrogen (secondary N) is 1. The molecule has 3 N–H and O–H groups in total. The molecule has 186 valence electrons. The lowest BCUT2D eigenvalue weighted by Gasteiger charge is -2.27. The van der Waals surface area contributed by atoms with E-state index < -0.39 is 23.2 Å². The van der Waals surface area contributed by atoms with Crippen molar-refractivity contribution >= 4 is 22.7 Å². The molecule has 1 fully saturated rings. The van der Waals surface area contributed by atoms with Crippen molar-refractivity contribution in [2.24, 2.45) is 12.8 Å². The minimum absolute atomic E-state index is 0.149. The number of hydrogen-bond donors (Lipinski definition) is 2. The van der Waals surface area contributed by atoms with Crippen molar-refractivity contribution in [3.8, 4) is 11.4 Å². The van der Waals surface area contributed by atoms with Gasteiger partial charge in [0.05, 0.1) is 11.6 Å². The third-order valence-corrected chi connectivity index (χ3v) is 6.70. The molecule has 0 bridgehead atoms. The molecule has 1 aliphatic carbocycles. The Morgan fingerprint density at radius 3 is 2.37 bits per heavy atom. The molecule has 9 heteroatoms. The summed E-state index contributed by atoms with van der Waals surface area (Å²) in [5, 5.41) is 3.10. The molecule has 3 aromatic rings. The van der Waals surface area contributed by atoms with Gasteiger partial charge in [-0.25, -0.2) is 4.39 Å². The average molecular weight is 483 g/mol. The quantitative estimate of drug-likeness (QED) is 0.538. The molecule has 2 aromatic heterocycles. The van der Waals surface area contributed by atoms with Crippen molar-refractivity contribution < 1.29 is 18.7 Å². The number of amides is 2. The lowest BCUT2D eigenvalue weighted by Crippen LogP contribution is -2.55. The minimum Gasteiger partial charge on any atom is -0.488 e. The van der Waals surface area contributed by atoms with Crippen LogP contribution in [0.1, 0.15) is 62.6 Å². The number of pyridine rings is 1. The second kappa shape index (κ2) is 9.20. The molecule has 0 saturated heterocycles. The van der Waals surface area contributed by atoms with Gasteiger partial charge in [0.2, 0.25) is 5.91 Å². The normalized spacial score (nSPS) is 15.0. The number of hydrogen-bond acceptors (Lipinski definition) is 4. The number of nitrogens with two attached hydrogens (primary N) is 1. The number of carbonyl (C=O) groups excluding carboxylic acids is 2. The number of nitrogens with zero attached hydrogens (tertiary/aromatic N) is 2. The standard InChI is InChI=1S/C26H31FN4O4/c1-5-17-14-19-20(24(33)31(17)18-10-8-16(27)9-11-18)22(35-15(2)3)21(30(19)4)23(32)29-26(25(28)34)12-6-7-13-26/h8-11,14-15H,5-7,12-13H2,1-4H3,(H2,28,34)(H,29,32). The van der Waals surface area contributed by atoms with Gasteiger partial charge in [-0.15, -0.1) is 0 Å². The molecule has 0 atom stereocenters. The Labute approximate surface area is 202 Å². The topological polar surface area (TPSA) is 108 Å². The Kier molecular flexibility index (Phi) is 6.44. The van der Waals surface area contributed by atoms with E-state index in [9.17, 15) is 18.8 Å². The zero-order valence-corrected chi connectivity index (χ0v) is 20.5. The van der Waals surface area contributed by atoms with Crippen molar-refractivity contribution in [1.29, 1.82) is 0 Å². The second-order valence-electron chi connectivity index (χ2n) is 9.38. The highest BCUT2D eigenvalue weighted by molar-refractivity contribution is 6.06. The average Bonchev–Trinajstić information content (AvgIpc) is 3.38. The maximum Gasteiger partial charge on any atom is 0.272 e. The number of aromatic nitrogens is 2. The van der Waals surface area contributed by atoms with Crippen LogP contribution in [0.3, 0.4) is 0 Å². The summed E-state index contributed by atoms with van der Waals surface area (Å²) < 4.78 is 22.7. The van der Waals surface area contributed by atoms with E-state index in [1.807, 2.05) is 13.0 Å². The minimum atomic E-state index is -1.12. The lowest BCUT2D eigenvalue weighted by molar-refractivity contribution is -0.123. The van der Waals surface area contributed by atoms with Crippen LogP contribution in [-0.2, 0) is 18.3 Å². The Morgan fingerprint density at radius 2 is 1.83 bits per heavy atom. The first-order valence-corrected chi connectivity index (χ1v) is 11.9. The zero-order chi connectivity index (χ0) is 25.5. The SMILES string of the molecule is CCc1cc2c(c(OC(C)C)c(C(=O)NC3(C(N)=O)CCCC3)n2C)c(=O)n1-c1ccc(F)cc1. The lowest BCUT2D eigenvalue weighted by atomic mass is 9.96. The number of aryl methyl sites for hydroxylation is 2. The molecule has 0 aliphatic heterocycles. The first kappa shape index (κ1) is 24.5. The molecule has 35 heavy (non-hydrogen) atoms. The first-order chi connectivity index (χ1) is 16.6. The molecule has 2 heterocycles. The largest absolute Gasteiger partial charge is 0.488 e. The molecule has 8 nitrogen and oxygen atoms in total. The van der Waals surface area contributed by atoms with Gasteiger partial charge in [0.25, 0.3) is 11.5 Å². The summed E-state index contributed by atoms with van der Waals surface area (Å²) in [6.45, 7) is 5.53. The van der Waals surface area contributed by atoms with E-state index in [0.29, 0.717) is 36.2 Å². The Hall–Kier alpha value is -3.62. The van der Waals surface area contributed by atoms with Crippen molar-refractivity contribution in [3.63, 3.8) is 0 Å². The van der Waals surface area contributed by atoms with Gasteiger partial charge in [-0.1, -0.05) is 19.8 Å². The highest BCUT2D eigenvalue weighted by atomic mass is 19.1. The van der Waals surface area contributed by atoms with Gasteiger partial charge in [-0.3, -0.25) is 19.0 Å². The van der Waals surface area contributed by atoms with Crippen LogP contribution in [-0.4, -0.2) is 32.6 Å². The van der Waals surface area contributed by atoms with Crippen LogP contribution in [0, 0.1) is 5.82 Å². The third-order valence-electron chi connectivity index (χ3n) is 6.70. The number of rotatable bonds is 7. The van der Waals surface area contributed by atoms with Crippen molar-refractivity contribution in [1.82, 2.24) is 14.5 Å². The van der Waals surface area contributed by atoms with Gasteiger partial charge in [-0.2, -0.15) is 0 Å². The van der Waals surface area contributed by atoms with Gasteiger partial charge in [0, 0.05) is 18.4 Å². The molecule has 1 saturated carbocycles. The number of ether oxygens (including phenoxy) is 1. The molecule has 0 radical (unpaired) electrons. The number of carbonyl (C=O) groups is 2. The summed E-state index contributed by atoms with van der Waals surface area (Å²) >= 11 is 0. The molecule has 2 amide bonds. The molecule has 1 aromatic carbocycles. The fourth-order valence-corrected chi connectivity index (χ4v) is 4.94. The Bertz CT molecular complexity index is 1350. The van der Waals surface area contributed by atoms with E-state index in [2.05, 4.69) is 5.32 Å². The summed E-state index contributed by atoms with van der Waals surface area (Å²) in [6, 6.07) is 7.51. The molecular weight excluding hydrogens is 451 g/mol. The predicted molar refractivity (Wildman–Crippen MR) is 131 cm³/mol. The fraction of sp³-hybridized carbons (Fsp3) is 0.423. The van der Waals surface area contributed by atoms with Gasteiger partial charge in [-0.05, 0) is 63.4 Å². The molecule has 4 rings (SSSR count). The fourth-order valence-electron chi connectivity index (χ4n) is 4.94. The van der Waals surface area contributed by atoms with Gasteiger partial charge >= 0.3 is 0 Å². The van der Waals surface area contributed by atoms with Crippen LogP contribution in [0.25, 0.3) is 16.6 Å². The maximum atomic E-state index is 13.9. The van der Waals surface area contributed by atoms with Gasteiger partial charge in [0.1, 0.15) is 16.7 Å². The molecule has 0 unspecified atom stereocenters. The van der Waals surface area contributed by atoms with Crippen molar-refractivity contribution in [2.45, 2.75) is 64.5 Å². The molecular formula is C26H31FN4O4. The van der Waals surface area contributed by atoms with Crippen LogP contribution in [0.4, 0.5) is 4.39 Å². The van der Waals surface area contributed by atoms with E-state index in [-0.39, 0.29) is 28.5 Å². The van der Waals surface area contributed by atoms with Gasteiger partial charge in [0.15, 0.2) is 11.4 Å². The number of primary amides is 1. The molecule has 1 aliphatic rings. The van der Waals surface area contributed by atoms with Crippen molar-refractivity contribution in [3.05, 3.63) is 57.9 Å². The van der Waals surface area contributed by atoms with Crippen LogP contribution in [0.2, 0.25) is 0 Å². The monoisotopic (exact) mass is 482 g/mol.